The molecule has 0 heterocycles. The van der Waals surface area contributed by atoms with Gasteiger partial charge in [-0.3, -0.25) is 0 Å². The van der Waals surface area contributed by atoms with Crippen molar-refractivity contribution >= 4 is 0 Å². The van der Waals surface area contributed by atoms with Crippen LogP contribution in [-0.2, 0) is 4.74 Å². The Morgan fingerprint density at radius 2 is 2.25 bits per heavy atom. The average Bonchev–Trinajstić information content (AvgIpc) is 2.05. The Labute approximate surface area is 75.3 Å². The first-order chi connectivity index (χ1) is 5.70. The van der Waals surface area contributed by atoms with E-state index in [1.165, 1.54) is 6.42 Å². The molecule has 0 amide bonds. The molecule has 0 atom stereocenters. The first kappa shape index (κ1) is 11.1. The Hall–Kier alpha value is -0.920. The molecule has 0 aromatic carbocycles. The third kappa shape index (κ3) is 5.83. The molecular weight excluding hydrogens is 150 g/mol. The molecule has 0 aliphatic carbocycles. The van der Waals surface area contributed by atoms with Crippen molar-refractivity contribution in [2.75, 3.05) is 6.54 Å². The van der Waals surface area contributed by atoms with E-state index in [0.29, 0.717) is 5.88 Å². The monoisotopic (exact) mass is 169 g/mol. The fourth-order valence-electron chi connectivity index (χ4n) is 0.694. The topological polar surface area (TPSA) is 21.3 Å². The number of allylic oxidation sites excluding steroid dienone is 2. The van der Waals surface area contributed by atoms with Gasteiger partial charge in [0, 0.05) is 6.54 Å². The fourth-order valence-corrected chi connectivity index (χ4v) is 0.694. The first-order valence-corrected chi connectivity index (χ1v) is 4.44. The molecule has 2 heteroatoms. The number of unbranched alkanes of at least 4 members (excludes halogenated alkanes) is 1. The van der Waals surface area contributed by atoms with Crippen molar-refractivity contribution < 1.29 is 4.74 Å². The third-order valence-corrected chi connectivity index (χ3v) is 1.54. The van der Waals surface area contributed by atoms with E-state index in [1.807, 2.05) is 19.9 Å². The predicted octanol–water partition coefficient (Wildman–Crippen LogP) is 2.79. The predicted molar refractivity (Wildman–Crippen MR) is 52.6 cm³/mol. The summed E-state index contributed by atoms with van der Waals surface area (Å²) in [5, 5.41) is 3.09. The lowest BCUT2D eigenvalue weighted by Gasteiger charge is -2.10. The van der Waals surface area contributed by atoms with Crippen LogP contribution in [-0.4, -0.2) is 6.54 Å². The molecule has 0 bridgehead atoms. The summed E-state index contributed by atoms with van der Waals surface area (Å²) in [6.07, 6.45) is 4.24. The van der Waals surface area contributed by atoms with Gasteiger partial charge >= 0.3 is 0 Å². The highest BCUT2D eigenvalue weighted by molar-refractivity contribution is 4.92. The Balaban J connectivity index is 3.47. The zero-order valence-electron chi connectivity index (χ0n) is 8.31. The molecule has 0 aliphatic rings. The van der Waals surface area contributed by atoms with E-state index in [0.717, 1.165) is 18.7 Å². The maximum Gasteiger partial charge on any atom is 0.185 e. The number of ether oxygens (including phenoxy) is 1. The van der Waals surface area contributed by atoms with Gasteiger partial charge in [-0.2, -0.15) is 0 Å². The van der Waals surface area contributed by atoms with Crippen LogP contribution in [0.25, 0.3) is 0 Å². The van der Waals surface area contributed by atoms with Gasteiger partial charge in [-0.25, -0.2) is 0 Å². The first-order valence-electron chi connectivity index (χ1n) is 4.44. The summed E-state index contributed by atoms with van der Waals surface area (Å²) in [5.41, 5.74) is 0. The molecule has 12 heavy (non-hydrogen) atoms. The van der Waals surface area contributed by atoms with Crippen molar-refractivity contribution in [1.29, 1.82) is 0 Å². The fraction of sp³-hybridized carbons (Fsp3) is 0.600. The maximum absolute atomic E-state index is 5.30. The number of hydrogen-bond acceptors (Lipinski definition) is 2. The van der Waals surface area contributed by atoms with Gasteiger partial charge < -0.3 is 10.1 Å². The van der Waals surface area contributed by atoms with E-state index in [-0.39, 0.29) is 0 Å². The summed E-state index contributed by atoms with van der Waals surface area (Å²) in [5.74, 6) is 1.52. The summed E-state index contributed by atoms with van der Waals surface area (Å²) in [6, 6.07) is 0. The van der Waals surface area contributed by atoms with Crippen LogP contribution in [0.2, 0.25) is 0 Å². The minimum Gasteiger partial charge on any atom is -0.447 e. The van der Waals surface area contributed by atoms with Crippen molar-refractivity contribution in [2.45, 2.75) is 33.6 Å². The van der Waals surface area contributed by atoms with Crippen LogP contribution in [0.3, 0.4) is 0 Å². The van der Waals surface area contributed by atoms with Crippen LogP contribution in [0, 0.1) is 0 Å². The van der Waals surface area contributed by atoms with Crippen LogP contribution in [0.15, 0.2) is 24.3 Å². The largest absolute Gasteiger partial charge is 0.447 e. The van der Waals surface area contributed by atoms with Crippen molar-refractivity contribution in [3.63, 3.8) is 0 Å². The van der Waals surface area contributed by atoms with E-state index >= 15 is 0 Å². The average molecular weight is 169 g/mol. The van der Waals surface area contributed by atoms with E-state index < -0.39 is 0 Å². The van der Waals surface area contributed by atoms with Gasteiger partial charge in [0.15, 0.2) is 5.88 Å². The maximum atomic E-state index is 5.30. The lowest BCUT2D eigenvalue weighted by Crippen LogP contribution is -2.15. The molecule has 2 nitrogen and oxygen atoms in total. The summed E-state index contributed by atoms with van der Waals surface area (Å²) < 4.78 is 5.30. The van der Waals surface area contributed by atoms with Crippen LogP contribution in [0.1, 0.15) is 33.6 Å². The highest BCUT2D eigenvalue weighted by Gasteiger charge is 1.93. The second kappa shape index (κ2) is 6.77. The Morgan fingerprint density at radius 1 is 1.58 bits per heavy atom. The molecule has 0 unspecified atom stereocenters. The Bertz CT molecular complexity index is 161. The van der Waals surface area contributed by atoms with Gasteiger partial charge in [0.05, 0.1) is 5.76 Å². The lowest BCUT2D eigenvalue weighted by atomic mass is 10.3. The quantitative estimate of drug-likeness (QED) is 0.487. The van der Waals surface area contributed by atoms with Crippen molar-refractivity contribution in [1.82, 2.24) is 5.32 Å². The number of hydrogen-bond donors (Lipinski definition) is 1. The van der Waals surface area contributed by atoms with Gasteiger partial charge in [0.1, 0.15) is 0 Å². The van der Waals surface area contributed by atoms with Crippen LogP contribution < -0.4 is 5.32 Å². The molecule has 0 aliphatic heterocycles. The van der Waals surface area contributed by atoms with Gasteiger partial charge in [-0.05, 0) is 32.9 Å². The zero-order valence-corrected chi connectivity index (χ0v) is 8.31. The number of rotatable bonds is 6. The van der Waals surface area contributed by atoms with Gasteiger partial charge in [0.25, 0.3) is 0 Å². The zero-order chi connectivity index (χ0) is 9.40. The van der Waals surface area contributed by atoms with Crippen LogP contribution in [0.4, 0.5) is 0 Å². The van der Waals surface area contributed by atoms with E-state index in [4.69, 9.17) is 4.74 Å². The summed E-state index contributed by atoms with van der Waals surface area (Å²) >= 11 is 0. The third-order valence-electron chi connectivity index (χ3n) is 1.54. The molecule has 0 saturated carbocycles. The normalized spacial score (nSPS) is 11.1. The van der Waals surface area contributed by atoms with Crippen LogP contribution >= 0.6 is 0 Å². The highest BCUT2D eigenvalue weighted by atomic mass is 16.5. The molecule has 0 rings (SSSR count). The molecule has 70 valence electrons. The van der Waals surface area contributed by atoms with Gasteiger partial charge in [0.2, 0.25) is 0 Å². The standard InChI is InChI=1S/C10H19NO/c1-5-7-8-11-10(4)12-9(3)6-2/h6,11H,4-5,7-8H2,1-3H3/b9-6+. The van der Waals surface area contributed by atoms with Crippen molar-refractivity contribution in [3.8, 4) is 0 Å². The smallest absolute Gasteiger partial charge is 0.185 e. The Morgan fingerprint density at radius 3 is 2.75 bits per heavy atom. The van der Waals surface area contributed by atoms with Gasteiger partial charge in [-0.1, -0.05) is 13.3 Å². The molecule has 0 fully saturated rings. The molecule has 0 spiro atoms. The summed E-state index contributed by atoms with van der Waals surface area (Å²) in [6.45, 7) is 10.7. The molecule has 0 radical (unpaired) electrons. The second-order valence-electron chi connectivity index (χ2n) is 2.70. The lowest BCUT2D eigenvalue weighted by molar-refractivity contribution is 0.277. The molecular formula is C10H19NO. The van der Waals surface area contributed by atoms with Crippen molar-refractivity contribution in [2.24, 2.45) is 0 Å². The van der Waals surface area contributed by atoms with Crippen molar-refractivity contribution in [3.05, 3.63) is 24.3 Å². The van der Waals surface area contributed by atoms with E-state index in [9.17, 15) is 0 Å². The molecule has 0 saturated heterocycles. The van der Waals surface area contributed by atoms with E-state index in [2.05, 4.69) is 18.8 Å². The minimum atomic E-state index is 0.638. The van der Waals surface area contributed by atoms with Gasteiger partial charge in [-0.15, -0.1) is 0 Å². The molecule has 1 N–H and O–H groups in total. The summed E-state index contributed by atoms with van der Waals surface area (Å²) in [7, 11) is 0. The minimum absolute atomic E-state index is 0.638. The van der Waals surface area contributed by atoms with E-state index in [1.54, 1.807) is 0 Å². The summed E-state index contributed by atoms with van der Waals surface area (Å²) in [4.78, 5) is 0. The molecule has 0 aromatic rings. The molecule has 0 aromatic heterocycles. The number of nitrogens with one attached hydrogen (secondary N) is 1. The SMILES string of the molecule is C=C(NCCCC)O/C(C)=C/C. The van der Waals surface area contributed by atoms with Crippen LogP contribution in [0.5, 0.6) is 0 Å². The Kier molecular flexibility index (Phi) is 6.25. The highest BCUT2D eigenvalue weighted by Crippen LogP contribution is 2.00. The second-order valence-corrected chi connectivity index (χ2v) is 2.70.